The van der Waals surface area contributed by atoms with E-state index in [1.807, 2.05) is 31.5 Å². The summed E-state index contributed by atoms with van der Waals surface area (Å²) in [5.41, 5.74) is 4.80. The molecule has 0 amide bonds. The summed E-state index contributed by atoms with van der Waals surface area (Å²) in [5, 5.41) is 3.72. The number of nitrogens with one attached hydrogen (secondary N) is 1. The van der Waals surface area contributed by atoms with Gasteiger partial charge in [0, 0.05) is 24.0 Å². The van der Waals surface area contributed by atoms with Gasteiger partial charge in [-0.25, -0.2) is 0 Å². The number of anilines is 1. The van der Waals surface area contributed by atoms with Crippen LogP contribution in [0.2, 0.25) is 0 Å². The van der Waals surface area contributed by atoms with E-state index in [0.717, 1.165) is 17.7 Å². The molecule has 3 atom stereocenters. The first kappa shape index (κ1) is 15.0. The molecule has 4 rings (SSSR count). The molecule has 0 fully saturated rings. The number of pyridine rings is 1. The predicted molar refractivity (Wildman–Crippen MR) is 97.3 cm³/mol. The number of aromatic nitrogens is 1. The van der Waals surface area contributed by atoms with Crippen LogP contribution in [0.4, 0.5) is 5.69 Å². The van der Waals surface area contributed by atoms with Crippen molar-refractivity contribution in [3.63, 3.8) is 0 Å². The van der Waals surface area contributed by atoms with Crippen molar-refractivity contribution in [3.05, 3.63) is 78.2 Å². The molecule has 0 radical (unpaired) electrons. The molecule has 1 aliphatic carbocycles. The summed E-state index contributed by atoms with van der Waals surface area (Å²) in [6.45, 7) is 6.44. The van der Waals surface area contributed by atoms with Crippen LogP contribution < -0.4 is 10.1 Å². The molecule has 122 valence electrons. The van der Waals surface area contributed by atoms with Gasteiger partial charge in [0.2, 0.25) is 0 Å². The van der Waals surface area contributed by atoms with Crippen molar-refractivity contribution in [2.75, 3.05) is 11.9 Å². The van der Waals surface area contributed by atoms with E-state index < -0.39 is 0 Å². The van der Waals surface area contributed by atoms with Crippen LogP contribution in [0.3, 0.4) is 0 Å². The topological polar surface area (TPSA) is 34.1 Å². The highest BCUT2D eigenvalue weighted by atomic mass is 16.5. The standard InChI is InChI=1S/C21H22N2O/c1-14(2)13-24-16-8-9-20-19(11-16)17-6-3-7-18(17)21(23-20)15-5-4-10-22-12-15/h3-6,8-12,17-18,21,23H,1,7,13H2,2H3. The average molecular weight is 318 g/mol. The zero-order valence-corrected chi connectivity index (χ0v) is 13.9. The lowest BCUT2D eigenvalue weighted by atomic mass is 9.77. The summed E-state index contributed by atoms with van der Waals surface area (Å²) in [4.78, 5) is 4.30. The maximum atomic E-state index is 5.83. The van der Waals surface area contributed by atoms with Crippen molar-refractivity contribution in [1.29, 1.82) is 0 Å². The van der Waals surface area contributed by atoms with Crippen LogP contribution in [0.15, 0.2) is 67.0 Å². The molecule has 0 bridgehead atoms. The number of ether oxygens (including phenoxy) is 1. The van der Waals surface area contributed by atoms with E-state index in [0.29, 0.717) is 24.5 Å². The highest BCUT2D eigenvalue weighted by Gasteiger charge is 2.38. The van der Waals surface area contributed by atoms with E-state index >= 15 is 0 Å². The minimum Gasteiger partial charge on any atom is -0.489 e. The summed E-state index contributed by atoms with van der Waals surface area (Å²) in [6, 6.07) is 10.8. The molecule has 2 aromatic rings. The third-order valence-electron chi connectivity index (χ3n) is 4.86. The van der Waals surface area contributed by atoms with Crippen molar-refractivity contribution in [1.82, 2.24) is 4.98 Å². The Morgan fingerprint density at radius 2 is 2.29 bits per heavy atom. The molecule has 3 unspecified atom stereocenters. The molecular formula is C21H22N2O. The van der Waals surface area contributed by atoms with Crippen molar-refractivity contribution < 1.29 is 4.74 Å². The van der Waals surface area contributed by atoms with Crippen molar-refractivity contribution >= 4 is 5.69 Å². The number of nitrogens with zero attached hydrogens (tertiary/aromatic N) is 1. The van der Waals surface area contributed by atoms with E-state index in [1.54, 1.807) is 0 Å². The number of allylic oxidation sites excluding steroid dienone is 2. The minimum atomic E-state index is 0.299. The van der Waals surface area contributed by atoms with Gasteiger partial charge in [0.1, 0.15) is 12.4 Å². The molecule has 1 aromatic carbocycles. The molecule has 24 heavy (non-hydrogen) atoms. The number of hydrogen-bond donors (Lipinski definition) is 1. The predicted octanol–water partition coefficient (Wildman–Crippen LogP) is 4.86. The molecular weight excluding hydrogens is 296 g/mol. The molecule has 2 heterocycles. The Balaban J connectivity index is 1.67. The largest absolute Gasteiger partial charge is 0.489 e. The van der Waals surface area contributed by atoms with Gasteiger partial charge in [-0.15, -0.1) is 0 Å². The van der Waals surface area contributed by atoms with Gasteiger partial charge in [-0.1, -0.05) is 24.8 Å². The second kappa shape index (κ2) is 6.16. The van der Waals surface area contributed by atoms with Crippen LogP contribution in [-0.4, -0.2) is 11.6 Å². The van der Waals surface area contributed by atoms with Gasteiger partial charge in [-0.2, -0.15) is 0 Å². The van der Waals surface area contributed by atoms with Gasteiger partial charge in [0.15, 0.2) is 0 Å². The van der Waals surface area contributed by atoms with Crippen LogP contribution in [0.5, 0.6) is 5.75 Å². The smallest absolute Gasteiger partial charge is 0.120 e. The number of fused-ring (bicyclic) bond motifs is 3. The molecule has 3 heteroatoms. The van der Waals surface area contributed by atoms with Crippen molar-refractivity contribution in [3.8, 4) is 5.75 Å². The fraction of sp³-hybridized carbons (Fsp3) is 0.286. The summed E-state index contributed by atoms with van der Waals surface area (Å²) in [7, 11) is 0. The zero-order valence-electron chi connectivity index (χ0n) is 13.9. The maximum absolute atomic E-state index is 5.83. The Kier molecular flexibility index (Phi) is 3.85. The summed E-state index contributed by atoms with van der Waals surface area (Å²) < 4.78 is 5.83. The van der Waals surface area contributed by atoms with Crippen LogP contribution in [-0.2, 0) is 0 Å². The Morgan fingerprint density at radius 3 is 3.08 bits per heavy atom. The van der Waals surface area contributed by atoms with Gasteiger partial charge >= 0.3 is 0 Å². The van der Waals surface area contributed by atoms with Crippen LogP contribution in [0.1, 0.15) is 36.4 Å². The van der Waals surface area contributed by atoms with Crippen LogP contribution >= 0.6 is 0 Å². The minimum absolute atomic E-state index is 0.299. The average Bonchev–Trinajstić information content (AvgIpc) is 3.10. The van der Waals surface area contributed by atoms with Gasteiger partial charge in [0.25, 0.3) is 0 Å². The van der Waals surface area contributed by atoms with Gasteiger partial charge < -0.3 is 10.1 Å². The highest BCUT2D eigenvalue weighted by Crippen LogP contribution is 2.50. The summed E-state index contributed by atoms with van der Waals surface area (Å²) in [5.74, 6) is 1.87. The first-order valence-corrected chi connectivity index (χ1v) is 8.46. The second-order valence-corrected chi connectivity index (χ2v) is 6.76. The summed E-state index contributed by atoms with van der Waals surface area (Å²) >= 11 is 0. The third kappa shape index (κ3) is 2.71. The van der Waals surface area contributed by atoms with Crippen molar-refractivity contribution in [2.45, 2.75) is 25.3 Å². The molecule has 0 saturated heterocycles. The lowest BCUT2D eigenvalue weighted by Gasteiger charge is -2.37. The lowest BCUT2D eigenvalue weighted by molar-refractivity contribution is 0.350. The Hall–Kier alpha value is -2.55. The maximum Gasteiger partial charge on any atom is 0.120 e. The fourth-order valence-electron chi connectivity index (χ4n) is 3.76. The molecule has 1 N–H and O–H groups in total. The van der Waals surface area contributed by atoms with Crippen molar-refractivity contribution in [2.24, 2.45) is 5.92 Å². The van der Waals surface area contributed by atoms with E-state index in [4.69, 9.17) is 4.74 Å². The zero-order chi connectivity index (χ0) is 16.5. The SMILES string of the molecule is C=C(C)COc1ccc2c(c1)C1C=CCC1C(c1cccnc1)N2. The number of benzene rings is 1. The number of rotatable bonds is 4. The third-order valence-corrected chi connectivity index (χ3v) is 4.86. The first-order chi connectivity index (χ1) is 11.7. The van der Waals surface area contributed by atoms with E-state index in [1.165, 1.54) is 16.8 Å². The first-order valence-electron chi connectivity index (χ1n) is 8.46. The summed E-state index contributed by atoms with van der Waals surface area (Å²) in [6.07, 6.45) is 9.54. The van der Waals surface area contributed by atoms with Gasteiger partial charge in [-0.05, 0) is 60.2 Å². The molecule has 1 aromatic heterocycles. The molecule has 2 aliphatic rings. The van der Waals surface area contributed by atoms with E-state index in [-0.39, 0.29) is 0 Å². The lowest BCUT2D eigenvalue weighted by Crippen LogP contribution is -2.29. The fourth-order valence-corrected chi connectivity index (χ4v) is 3.76. The van der Waals surface area contributed by atoms with Crippen LogP contribution in [0.25, 0.3) is 0 Å². The quantitative estimate of drug-likeness (QED) is 0.817. The molecule has 3 nitrogen and oxygen atoms in total. The van der Waals surface area contributed by atoms with E-state index in [2.05, 4.69) is 47.2 Å². The Labute approximate surface area is 143 Å². The normalized spacial score (nSPS) is 24.0. The highest BCUT2D eigenvalue weighted by molar-refractivity contribution is 5.61. The van der Waals surface area contributed by atoms with Crippen LogP contribution in [0, 0.1) is 5.92 Å². The molecule has 1 aliphatic heterocycles. The van der Waals surface area contributed by atoms with Gasteiger partial charge in [-0.3, -0.25) is 4.98 Å². The Bertz CT molecular complexity index is 782. The monoisotopic (exact) mass is 318 g/mol. The number of hydrogen-bond acceptors (Lipinski definition) is 3. The Morgan fingerprint density at radius 1 is 1.38 bits per heavy atom. The molecule has 0 spiro atoms. The second-order valence-electron chi connectivity index (χ2n) is 6.76. The van der Waals surface area contributed by atoms with E-state index in [9.17, 15) is 0 Å². The van der Waals surface area contributed by atoms with Gasteiger partial charge in [0.05, 0.1) is 6.04 Å². The molecule has 0 saturated carbocycles.